The first-order valence-corrected chi connectivity index (χ1v) is 14.3. The number of ether oxygens (including phenoxy) is 2. The van der Waals surface area contributed by atoms with Crippen molar-refractivity contribution in [3.63, 3.8) is 0 Å². The molecule has 0 spiro atoms. The quantitative estimate of drug-likeness (QED) is 0.408. The van der Waals surface area contributed by atoms with Crippen LogP contribution in [-0.4, -0.2) is 52.7 Å². The zero-order valence-corrected chi connectivity index (χ0v) is 24.3. The normalized spacial score (nSPS) is 15.9. The van der Waals surface area contributed by atoms with Crippen LogP contribution < -0.4 is 20.1 Å². The van der Waals surface area contributed by atoms with E-state index in [1.165, 1.54) is 11.1 Å². The molecular formula is C32H38N6O3. The number of anilines is 1. The summed E-state index contributed by atoms with van der Waals surface area (Å²) >= 11 is 0. The van der Waals surface area contributed by atoms with E-state index in [1.807, 2.05) is 25.4 Å². The Morgan fingerprint density at radius 2 is 1.95 bits per heavy atom. The van der Waals surface area contributed by atoms with Gasteiger partial charge in [-0.25, -0.2) is 4.98 Å². The lowest BCUT2D eigenvalue weighted by atomic mass is 9.93. The van der Waals surface area contributed by atoms with E-state index < -0.39 is 5.91 Å². The number of aryl methyl sites for hydroxylation is 2. The summed E-state index contributed by atoms with van der Waals surface area (Å²) in [6, 6.07) is 11.2. The molecule has 1 saturated heterocycles. The standard InChI is InChI=1S/C32H38N6O3/c1-20-9-12-35-17-24(20)18-38(26-6-8-29-30(15-26)41-19-40-29)25-10-13-37(14-11-25)21(2)5-7-27-22(3)31(32(34)39)23(4)36-28(27)16-33/h6,8-9,12,15,17,21,25H,5,7,10-11,13-14,18-19H2,1-4H3,(H2,34,39)/t21-/m1/s1. The number of hydrogen-bond acceptors (Lipinski definition) is 8. The van der Waals surface area contributed by atoms with Crippen LogP contribution in [0, 0.1) is 32.1 Å². The second kappa shape index (κ2) is 12.1. The van der Waals surface area contributed by atoms with Crippen molar-refractivity contribution in [3.8, 4) is 17.6 Å². The van der Waals surface area contributed by atoms with Crippen LogP contribution in [0.25, 0.3) is 0 Å². The van der Waals surface area contributed by atoms with Gasteiger partial charge in [0.2, 0.25) is 6.79 Å². The third-order valence-corrected chi connectivity index (χ3v) is 8.66. The van der Waals surface area contributed by atoms with Crippen LogP contribution in [0.4, 0.5) is 5.69 Å². The molecule has 0 saturated carbocycles. The number of nitrogens with two attached hydrogens (primary N) is 1. The Balaban J connectivity index is 1.28. The van der Waals surface area contributed by atoms with Gasteiger partial charge in [0.15, 0.2) is 11.5 Å². The van der Waals surface area contributed by atoms with Crippen molar-refractivity contribution in [2.24, 2.45) is 5.73 Å². The highest BCUT2D eigenvalue weighted by atomic mass is 16.7. The third kappa shape index (κ3) is 5.98. The number of pyridine rings is 2. The first-order valence-electron chi connectivity index (χ1n) is 14.3. The molecule has 0 radical (unpaired) electrons. The molecule has 2 aliphatic heterocycles. The van der Waals surface area contributed by atoms with Gasteiger partial charge >= 0.3 is 0 Å². The van der Waals surface area contributed by atoms with E-state index in [0.29, 0.717) is 35.5 Å². The highest BCUT2D eigenvalue weighted by Gasteiger charge is 2.29. The van der Waals surface area contributed by atoms with E-state index >= 15 is 0 Å². The van der Waals surface area contributed by atoms with Gasteiger partial charge in [-0.15, -0.1) is 0 Å². The van der Waals surface area contributed by atoms with Crippen LogP contribution in [0.15, 0.2) is 36.7 Å². The summed E-state index contributed by atoms with van der Waals surface area (Å²) < 4.78 is 11.2. The zero-order chi connectivity index (χ0) is 29.1. The minimum Gasteiger partial charge on any atom is -0.454 e. The fourth-order valence-corrected chi connectivity index (χ4v) is 6.17. The number of piperidine rings is 1. The van der Waals surface area contributed by atoms with E-state index in [0.717, 1.165) is 67.2 Å². The van der Waals surface area contributed by atoms with Crippen molar-refractivity contribution in [1.82, 2.24) is 14.9 Å². The van der Waals surface area contributed by atoms with E-state index in [-0.39, 0.29) is 6.79 Å². The highest BCUT2D eigenvalue weighted by Crippen LogP contribution is 2.37. The molecule has 0 bridgehead atoms. The highest BCUT2D eigenvalue weighted by molar-refractivity contribution is 5.95. The molecule has 0 unspecified atom stereocenters. The maximum Gasteiger partial charge on any atom is 0.250 e. The molecule has 3 aromatic rings. The second-order valence-corrected chi connectivity index (χ2v) is 11.1. The number of nitrogens with zero attached hydrogens (tertiary/aromatic N) is 5. The van der Waals surface area contributed by atoms with Gasteiger partial charge in [-0.05, 0) is 93.8 Å². The summed E-state index contributed by atoms with van der Waals surface area (Å²) in [7, 11) is 0. The lowest BCUT2D eigenvalue weighted by molar-refractivity contribution is 0.0998. The average molecular weight is 555 g/mol. The second-order valence-electron chi connectivity index (χ2n) is 11.1. The lowest BCUT2D eigenvalue weighted by Crippen LogP contribution is -2.47. The Bertz CT molecular complexity index is 1470. The maximum atomic E-state index is 12.0. The van der Waals surface area contributed by atoms with Crippen LogP contribution in [0.2, 0.25) is 0 Å². The summed E-state index contributed by atoms with van der Waals surface area (Å²) in [4.78, 5) is 25.8. The molecule has 5 rings (SSSR count). The van der Waals surface area contributed by atoms with Gasteiger partial charge in [0.1, 0.15) is 11.8 Å². The van der Waals surface area contributed by atoms with Gasteiger partial charge in [0.25, 0.3) is 5.91 Å². The first kappa shape index (κ1) is 28.4. The van der Waals surface area contributed by atoms with Crippen molar-refractivity contribution >= 4 is 11.6 Å². The van der Waals surface area contributed by atoms with Crippen LogP contribution in [-0.2, 0) is 13.0 Å². The topological polar surface area (TPSA) is 118 Å². The van der Waals surface area contributed by atoms with E-state index in [2.05, 4.69) is 57.9 Å². The summed E-state index contributed by atoms with van der Waals surface area (Å²) in [5.74, 6) is 1.08. The van der Waals surface area contributed by atoms with E-state index in [1.54, 1.807) is 6.92 Å². The van der Waals surface area contributed by atoms with Crippen molar-refractivity contribution < 1.29 is 14.3 Å². The number of carbonyl (C=O) groups is 1. The SMILES string of the molecule is Cc1ccncc1CN(c1ccc2c(c1)OCO2)C1CCN([C@H](C)CCc2c(C#N)nc(C)c(C(N)=O)c2C)CC1. The Morgan fingerprint density at radius 3 is 2.66 bits per heavy atom. The number of amides is 1. The summed E-state index contributed by atoms with van der Waals surface area (Å²) in [5, 5.41) is 9.70. The zero-order valence-electron chi connectivity index (χ0n) is 24.3. The molecule has 1 aromatic carbocycles. The van der Waals surface area contributed by atoms with Gasteiger partial charge in [-0.1, -0.05) is 0 Å². The van der Waals surface area contributed by atoms with Crippen LogP contribution >= 0.6 is 0 Å². The van der Waals surface area contributed by atoms with Crippen LogP contribution in [0.5, 0.6) is 11.5 Å². The van der Waals surface area contributed by atoms with E-state index in [4.69, 9.17) is 15.2 Å². The minimum atomic E-state index is -0.498. The Kier molecular flexibility index (Phi) is 8.41. The summed E-state index contributed by atoms with van der Waals surface area (Å²) in [5.41, 5.74) is 12.1. The molecule has 1 amide bonds. The van der Waals surface area contributed by atoms with Gasteiger partial charge in [0.05, 0.1) is 11.3 Å². The maximum absolute atomic E-state index is 12.0. The summed E-state index contributed by atoms with van der Waals surface area (Å²) in [6.07, 6.45) is 7.40. The van der Waals surface area contributed by atoms with Gasteiger partial charge < -0.3 is 25.0 Å². The van der Waals surface area contributed by atoms with Gasteiger partial charge in [0, 0.05) is 55.9 Å². The summed E-state index contributed by atoms with van der Waals surface area (Å²) in [6.45, 7) is 11.0. The number of fused-ring (bicyclic) bond motifs is 1. The van der Waals surface area contributed by atoms with Crippen LogP contribution in [0.3, 0.4) is 0 Å². The van der Waals surface area contributed by atoms with Gasteiger partial charge in [-0.2, -0.15) is 5.26 Å². The molecule has 2 aromatic heterocycles. The van der Waals surface area contributed by atoms with Crippen LogP contribution in [0.1, 0.15) is 70.2 Å². The molecule has 1 fully saturated rings. The number of hydrogen-bond donors (Lipinski definition) is 1. The van der Waals surface area contributed by atoms with Crippen molar-refractivity contribution in [2.75, 3.05) is 24.8 Å². The molecule has 214 valence electrons. The Hall–Kier alpha value is -4.16. The predicted octanol–water partition coefficient (Wildman–Crippen LogP) is 4.59. The van der Waals surface area contributed by atoms with E-state index in [9.17, 15) is 10.1 Å². The molecule has 2 N–H and O–H groups in total. The number of nitriles is 1. The molecular weight excluding hydrogens is 516 g/mol. The van der Waals surface area contributed by atoms with Crippen molar-refractivity contribution in [1.29, 1.82) is 5.26 Å². The Labute approximate surface area is 241 Å². The number of primary amides is 1. The lowest BCUT2D eigenvalue weighted by Gasteiger charge is -2.42. The molecule has 2 aliphatic rings. The molecule has 41 heavy (non-hydrogen) atoms. The molecule has 4 heterocycles. The third-order valence-electron chi connectivity index (χ3n) is 8.66. The smallest absolute Gasteiger partial charge is 0.250 e. The van der Waals surface area contributed by atoms with Crippen molar-refractivity contribution in [3.05, 3.63) is 75.9 Å². The largest absolute Gasteiger partial charge is 0.454 e. The molecule has 9 heteroatoms. The minimum absolute atomic E-state index is 0.259. The number of rotatable bonds is 9. The van der Waals surface area contributed by atoms with Gasteiger partial charge in [-0.3, -0.25) is 9.78 Å². The molecule has 9 nitrogen and oxygen atoms in total. The monoisotopic (exact) mass is 554 g/mol. The fourth-order valence-electron chi connectivity index (χ4n) is 6.17. The predicted molar refractivity (Wildman–Crippen MR) is 157 cm³/mol. The number of benzene rings is 1. The number of carbonyl (C=O) groups excluding carboxylic acids is 1. The Morgan fingerprint density at radius 1 is 1.20 bits per heavy atom. The fraction of sp³-hybridized carbons (Fsp3) is 0.438. The number of likely N-dealkylation sites (tertiary alicyclic amines) is 1. The average Bonchev–Trinajstić information content (AvgIpc) is 3.44. The molecule has 0 aliphatic carbocycles. The van der Waals surface area contributed by atoms with Crippen molar-refractivity contribution in [2.45, 2.75) is 72.0 Å². The number of aromatic nitrogens is 2. The molecule has 1 atom stereocenters. The first-order chi connectivity index (χ1) is 19.8.